The van der Waals surface area contributed by atoms with Gasteiger partial charge in [-0.3, -0.25) is 0 Å². The van der Waals surface area contributed by atoms with Crippen LogP contribution in [0.4, 0.5) is 0 Å². The molecular weight excluding hydrogens is 218 g/mol. The quantitative estimate of drug-likeness (QED) is 0.577. The van der Waals surface area contributed by atoms with Gasteiger partial charge in [0, 0.05) is 6.04 Å². The molecule has 0 saturated carbocycles. The van der Waals surface area contributed by atoms with Crippen LogP contribution in [0.3, 0.4) is 0 Å². The summed E-state index contributed by atoms with van der Waals surface area (Å²) in [5, 5.41) is 3.53. The predicted molar refractivity (Wildman–Crippen MR) is 83.8 cm³/mol. The average molecular weight is 253 g/mol. The maximum atomic E-state index is 3.53. The van der Waals surface area contributed by atoms with E-state index < -0.39 is 0 Å². The summed E-state index contributed by atoms with van der Waals surface area (Å²) in [5.74, 6) is 3.03. The van der Waals surface area contributed by atoms with Crippen molar-refractivity contribution in [2.45, 2.75) is 66.8 Å². The topological polar surface area (TPSA) is 12.0 Å². The maximum absolute atomic E-state index is 3.53. The first kappa shape index (κ1) is 17.7. The molecule has 0 saturated heterocycles. The van der Waals surface area contributed by atoms with Crippen molar-refractivity contribution in [1.29, 1.82) is 0 Å². The van der Waals surface area contributed by atoms with E-state index >= 15 is 0 Å². The van der Waals surface area contributed by atoms with Crippen molar-refractivity contribution in [3.05, 3.63) is 12.2 Å². The highest BCUT2D eigenvalue weighted by Gasteiger charge is 2.22. The van der Waals surface area contributed by atoms with Gasteiger partial charge in [0.15, 0.2) is 0 Å². The summed E-state index contributed by atoms with van der Waals surface area (Å²) >= 11 is 0. The lowest BCUT2D eigenvalue weighted by Crippen LogP contribution is -2.36. The Bertz CT molecular complexity index is 222. The molecule has 0 aliphatic heterocycles. The minimum atomic E-state index is 0.634. The average Bonchev–Trinajstić information content (AvgIpc) is 2.35. The van der Waals surface area contributed by atoms with Crippen LogP contribution in [0.25, 0.3) is 0 Å². The fourth-order valence-corrected chi connectivity index (χ4v) is 2.82. The monoisotopic (exact) mass is 253 g/mol. The summed E-state index contributed by atoms with van der Waals surface area (Å²) in [6.45, 7) is 13.9. The third-order valence-corrected chi connectivity index (χ3v) is 4.49. The Hall–Kier alpha value is -0.300. The van der Waals surface area contributed by atoms with Gasteiger partial charge in [0.2, 0.25) is 0 Å². The van der Waals surface area contributed by atoms with Crippen LogP contribution in [0.1, 0.15) is 60.8 Å². The van der Waals surface area contributed by atoms with E-state index in [0.717, 1.165) is 11.8 Å². The minimum absolute atomic E-state index is 0.634. The van der Waals surface area contributed by atoms with Crippen molar-refractivity contribution in [1.82, 2.24) is 5.32 Å². The van der Waals surface area contributed by atoms with Gasteiger partial charge >= 0.3 is 0 Å². The van der Waals surface area contributed by atoms with Crippen LogP contribution in [-0.2, 0) is 0 Å². The molecule has 108 valence electrons. The van der Waals surface area contributed by atoms with Crippen LogP contribution in [0.2, 0.25) is 0 Å². The third kappa shape index (κ3) is 6.58. The molecule has 0 aromatic rings. The van der Waals surface area contributed by atoms with Gasteiger partial charge in [0.05, 0.1) is 0 Å². The summed E-state index contributed by atoms with van der Waals surface area (Å²) in [5.41, 5.74) is 0. The highest BCUT2D eigenvalue weighted by atomic mass is 14.9. The van der Waals surface area contributed by atoms with Crippen LogP contribution >= 0.6 is 0 Å². The molecule has 0 heterocycles. The van der Waals surface area contributed by atoms with Crippen LogP contribution in [0, 0.1) is 23.7 Å². The first-order valence-electron chi connectivity index (χ1n) is 7.76. The Balaban J connectivity index is 4.32. The second-order valence-corrected chi connectivity index (χ2v) is 6.23. The smallest absolute Gasteiger partial charge is 0.00977 e. The van der Waals surface area contributed by atoms with E-state index in [1.807, 2.05) is 0 Å². The Labute approximate surface area is 115 Å². The molecule has 0 bridgehead atoms. The molecular formula is C17H35N. The van der Waals surface area contributed by atoms with Crippen LogP contribution in [0.5, 0.6) is 0 Å². The van der Waals surface area contributed by atoms with Crippen LogP contribution < -0.4 is 5.32 Å². The maximum Gasteiger partial charge on any atom is 0.00977 e. The number of hydrogen-bond donors (Lipinski definition) is 1. The number of nitrogens with one attached hydrogen (secondary N) is 1. The number of allylic oxidation sites excluding steroid dienone is 2. The predicted octanol–water partition coefficient (Wildman–Crippen LogP) is 4.89. The molecule has 5 atom stereocenters. The van der Waals surface area contributed by atoms with Crippen molar-refractivity contribution in [3.63, 3.8) is 0 Å². The number of hydrogen-bond acceptors (Lipinski definition) is 1. The molecule has 1 N–H and O–H groups in total. The lowest BCUT2D eigenvalue weighted by molar-refractivity contribution is 0.266. The summed E-state index contributed by atoms with van der Waals surface area (Å²) < 4.78 is 0. The van der Waals surface area contributed by atoms with Gasteiger partial charge in [-0.15, -0.1) is 0 Å². The van der Waals surface area contributed by atoms with Gasteiger partial charge in [0.1, 0.15) is 0 Å². The van der Waals surface area contributed by atoms with Gasteiger partial charge in [-0.25, -0.2) is 0 Å². The third-order valence-electron chi connectivity index (χ3n) is 4.49. The lowest BCUT2D eigenvalue weighted by Gasteiger charge is -2.30. The zero-order valence-corrected chi connectivity index (χ0v) is 13.7. The van der Waals surface area contributed by atoms with E-state index in [1.165, 1.54) is 19.3 Å². The fraction of sp³-hybridized carbons (Fsp3) is 0.882. The van der Waals surface area contributed by atoms with Gasteiger partial charge in [-0.05, 0) is 50.5 Å². The molecule has 0 fully saturated rings. The van der Waals surface area contributed by atoms with Gasteiger partial charge in [-0.1, -0.05) is 53.2 Å². The molecule has 18 heavy (non-hydrogen) atoms. The molecule has 1 heteroatoms. The lowest BCUT2D eigenvalue weighted by atomic mass is 9.82. The van der Waals surface area contributed by atoms with Gasteiger partial charge < -0.3 is 5.32 Å². The second kappa shape index (κ2) is 9.61. The summed E-state index contributed by atoms with van der Waals surface area (Å²) in [7, 11) is 2.11. The summed E-state index contributed by atoms with van der Waals surface area (Å²) in [4.78, 5) is 0. The van der Waals surface area contributed by atoms with E-state index in [4.69, 9.17) is 0 Å². The second-order valence-electron chi connectivity index (χ2n) is 6.23. The van der Waals surface area contributed by atoms with Crippen molar-refractivity contribution in [2.75, 3.05) is 7.05 Å². The first-order chi connectivity index (χ1) is 8.46. The molecule has 0 aliphatic carbocycles. The van der Waals surface area contributed by atoms with Crippen molar-refractivity contribution >= 4 is 0 Å². The fourth-order valence-electron chi connectivity index (χ4n) is 2.82. The van der Waals surface area contributed by atoms with E-state index in [9.17, 15) is 0 Å². The van der Waals surface area contributed by atoms with Crippen molar-refractivity contribution in [3.8, 4) is 0 Å². The molecule has 0 aromatic heterocycles. The number of rotatable bonds is 9. The molecule has 0 amide bonds. The van der Waals surface area contributed by atoms with E-state index in [2.05, 4.69) is 66.1 Å². The van der Waals surface area contributed by atoms with E-state index in [0.29, 0.717) is 17.9 Å². The first-order valence-corrected chi connectivity index (χ1v) is 7.76. The SMILES string of the molecule is CC=CC(C)C(C)C(CC(C)CC(C)CC)NC. The van der Waals surface area contributed by atoms with Crippen LogP contribution in [-0.4, -0.2) is 13.1 Å². The zero-order chi connectivity index (χ0) is 14.1. The Morgan fingerprint density at radius 2 is 1.61 bits per heavy atom. The zero-order valence-electron chi connectivity index (χ0n) is 13.7. The standard InChI is InChI=1S/C17H35N/c1-8-10-15(5)16(6)17(18-7)12-14(4)11-13(3)9-2/h8,10,13-18H,9,11-12H2,1-7H3. The molecule has 0 rings (SSSR count). The Kier molecular flexibility index (Phi) is 9.45. The van der Waals surface area contributed by atoms with Crippen LogP contribution in [0.15, 0.2) is 12.2 Å². The minimum Gasteiger partial charge on any atom is -0.317 e. The molecule has 0 aliphatic rings. The molecule has 5 unspecified atom stereocenters. The Morgan fingerprint density at radius 3 is 2.06 bits per heavy atom. The van der Waals surface area contributed by atoms with E-state index in [1.54, 1.807) is 0 Å². The van der Waals surface area contributed by atoms with Gasteiger partial charge in [-0.2, -0.15) is 0 Å². The highest BCUT2D eigenvalue weighted by molar-refractivity contribution is 4.90. The van der Waals surface area contributed by atoms with Crippen molar-refractivity contribution in [2.24, 2.45) is 23.7 Å². The summed E-state index contributed by atoms with van der Waals surface area (Å²) in [6.07, 6.45) is 8.47. The molecule has 0 spiro atoms. The molecule has 1 nitrogen and oxygen atoms in total. The normalized spacial score (nSPS) is 20.6. The van der Waals surface area contributed by atoms with E-state index in [-0.39, 0.29) is 0 Å². The largest absolute Gasteiger partial charge is 0.317 e. The molecule has 0 radical (unpaired) electrons. The highest BCUT2D eigenvalue weighted by Crippen LogP contribution is 2.25. The summed E-state index contributed by atoms with van der Waals surface area (Å²) in [6, 6.07) is 0.634. The van der Waals surface area contributed by atoms with Gasteiger partial charge in [0.25, 0.3) is 0 Å². The van der Waals surface area contributed by atoms with Crippen molar-refractivity contribution < 1.29 is 0 Å². The Morgan fingerprint density at radius 1 is 1.00 bits per heavy atom. The molecule has 0 aromatic carbocycles.